The van der Waals surface area contributed by atoms with Crippen molar-refractivity contribution in [3.63, 3.8) is 0 Å². The molecule has 0 amide bonds. The van der Waals surface area contributed by atoms with Crippen molar-refractivity contribution in [1.29, 1.82) is 0 Å². The SMILES string of the molecule is C[C@@H](N)c1c(F)cccc1OCc1ccccc1F. The van der Waals surface area contributed by atoms with E-state index in [0.29, 0.717) is 16.9 Å². The fourth-order valence-corrected chi connectivity index (χ4v) is 1.86. The van der Waals surface area contributed by atoms with Gasteiger partial charge in [-0.25, -0.2) is 8.78 Å². The summed E-state index contributed by atoms with van der Waals surface area (Å²) in [5.41, 5.74) is 6.44. The maximum absolute atomic E-state index is 13.7. The third-order valence-corrected chi connectivity index (χ3v) is 2.81. The van der Waals surface area contributed by atoms with Crippen molar-refractivity contribution < 1.29 is 13.5 Å². The molecule has 2 aromatic rings. The number of halogens is 2. The number of hydrogen-bond acceptors (Lipinski definition) is 2. The van der Waals surface area contributed by atoms with E-state index >= 15 is 0 Å². The zero-order chi connectivity index (χ0) is 13.8. The molecule has 0 saturated carbocycles. The first-order valence-corrected chi connectivity index (χ1v) is 6.00. The highest BCUT2D eigenvalue weighted by Gasteiger charge is 2.14. The van der Waals surface area contributed by atoms with E-state index in [2.05, 4.69) is 0 Å². The predicted molar refractivity (Wildman–Crippen MR) is 69.7 cm³/mol. The fraction of sp³-hybridized carbons (Fsp3) is 0.200. The Bertz CT molecular complexity index is 570. The Hall–Kier alpha value is -1.94. The lowest BCUT2D eigenvalue weighted by molar-refractivity contribution is 0.293. The van der Waals surface area contributed by atoms with E-state index in [9.17, 15) is 8.78 Å². The maximum Gasteiger partial charge on any atom is 0.131 e. The molecule has 2 nitrogen and oxygen atoms in total. The molecule has 2 N–H and O–H groups in total. The summed E-state index contributed by atoms with van der Waals surface area (Å²) >= 11 is 0. The number of ether oxygens (including phenoxy) is 1. The molecule has 2 rings (SSSR count). The molecule has 0 bridgehead atoms. The van der Waals surface area contributed by atoms with Crippen LogP contribution in [0, 0.1) is 11.6 Å². The molecule has 0 radical (unpaired) electrons. The van der Waals surface area contributed by atoms with Crippen LogP contribution >= 0.6 is 0 Å². The van der Waals surface area contributed by atoms with E-state index in [0.717, 1.165) is 0 Å². The van der Waals surface area contributed by atoms with Gasteiger partial charge in [0.15, 0.2) is 0 Å². The Labute approximate surface area is 110 Å². The second-order valence-corrected chi connectivity index (χ2v) is 4.32. The minimum absolute atomic E-state index is 0.0375. The first-order valence-electron chi connectivity index (χ1n) is 6.00. The molecule has 19 heavy (non-hydrogen) atoms. The van der Waals surface area contributed by atoms with Crippen LogP contribution in [0.25, 0.3) is 0 Å². The molecule has 0 spiro atoms. The largest absolute Gasteiger partial charge is 0.488 e. The summed E-state index contributed by atoms with van der Waals surface area (Å²) in [6.45, 7) is 1.71. The molecule has 0 fully saturated rings. The van der Waals surface area contributed by atoms with E-state index in [1.54, 1.807) is 31.2 Å². The molecule has 0 saturated heterocycles. The topological polar surface area (TPSA) is 35.2 Å². The minimum atomic E-state index is -0.489. The lowest BCUT2D eigenvalue weighted by Gasteiger charge is -2.15. The number of benzene rings is 2. The molecule has 0 unspecified atom stereocenters. The van der Waals surface area contributed by atoms with Gasteiger partial charge < -0.3 is 10.5 Å². The average molecular weight is 263 g/mol. The molecule has 1 atom stereocenters. The summed E-state index contributed by atoms with van der Waals surface area (Å²) in [6.07, 6.45) is 0. The lowest BCUT2D eigenvalue weighted by atomic mass is 10.1. The van der Waals surface area contributed by atoms with Crippen molar-refractivity contribution >= 4 is 0 Å². The third kappa shape index (κ3) is 3.09. The van der Waals surface area contributed by atoms with Crippen molar-refractivity contribution in [1.82, 2.24) is 0 Å². The summed E-state index contributed by atoms with van der Waals surface area (Å²) in [4.78, 5) is 0. The van der Waals surface area contributed by atoms with Crippen LogP contribution in [0.5, 0.6) is 5.75 Å². The Morgan fingerprint density at radius 2 is 1.74 bits per heavy atom. The monoisotopic (exact) mass is 263 g/mol. The average Bonchev–Trinajstić information content (AvgIpc) is 2.37. The number of hydrogen-bond donors (Lipinski definition) is 1. The predicted octanol–water partition coefficient (Wildman–Crippen LogP) is 3.56. The lowest BCUT2D eigenvalue weighted by Crippen LogP contribution is -2.10. The van der Waals surface area contributed by atoms with E-state index < -0.39 is 11.9 Å². The normalized spacial score (nSPS) is 12.2. The highest BCUT2D eigenvalue weighted by atomic mass is 19.1. The summed E-state index contributed by atoms with van der Waals surface area (Å²) in [7, 11) is 0. The van der Waals surface area contributed by atoms with Crippen molar-refractivity contribution in [3.05, 3.63) is 65.2 Å². The van der Waals surface area contributed by atoms with Crippen LogP contribution in [0.3, 0.4) is 0 Å². The van der Waals surface area contributed by atoms with E-state index in [1.165, 1.54) is 18.2 Å². The smallest absolute Gasteiger partial charge is 0.131 e. The molecule has 2 aromatic carbocycles. The zero-order valence-electron chi connectivity index (χ0n) is 10.6. The van der Waals surface area contributed by atoms with Crippen LogP contribution in [0.1, 0.15) is 24.1 Å². The number of rotatable bonds is 4. The second-order valence-electron chi connectivity index (χ2n) is 4.32. The molecule has 0 heterocycles. The van der Waals surface area contributed by atoms with Crippen molar-refractivity contribution in [2.75, 3.05) is 0 Å². The summed E-state index contributed by atoms with van der Waals surface area (Å²) in [6, 6.07) is 10.3. The maximum atomic E-state index is 13.7. The van der Waals surface area contributed by atoms with Crippen LogP contribution in [0.4, 0.5) is 8.78 Å². The summed E-state index contributed by atoms with van der Waals surface area (Å²) in [5, 5.41) is 0. The highest BCUT2D eigenvalue weighted by Crippen LogP contribution is 2.27. The molecular formula is C15H15F2NO. The van der Waals surface area contributed by atoms with E-state index in [4.69, 9.17) is 10.5 Å². The van der Waals surface area contributed by atoms with Crippen LogP contribution in [0.2, 0.25) is 0 Å². The molecular weight excluding hydrogens is 248 g/mol. The fourth-order valence-electron chi connectivity index (χ4n) is 1.86. The Kier molecular flexibility index (Phi) is 4.12. The van der Waals surface area contributed by atoms with E-state index in [-0.39, 0.29) is 12.4 Å². The van der Waals surface area contributed by atoms with Gasteiger partial charge in [-0.15, -0.1) is 0 Å². The Morgan fingerprint density at radius 1 is 1.05 bits per heavy atom. The summed E-state index contributed by atoms with van der Waals surface area (Å²) in [5.74, 6) is -0.416. The van der Waals surface area contributed by atoms with Crippen molar-refractivity contribution in [2.24, 2.45) is 5.73 Å². The van der Waals surface area contributed by atoms with Gasteiger partial charge in [-0.2, -0.15) is 0 Å². The first kappa shape index (κ1) is 13.5. The van der Waals surface area contributed by atoms with Crippen LogP contribution in [0.15, 0.2) is 42.5 Å². The third-order valence-electron chi connectivity index (χ3n) is 2.81. The number of nitrogens with two attached hydrogens (primary N) is 1. The molecule has 0 aliphatic carbocycles. The van der Waals surface area contributed by atoms with Crippen LogP contribution < -0.4 is 10.5 Å². The van der Waals surface area contributed by atoms with Gasteiger partial charge in [-0.05, 0) is 25.1 Å². The summed E-state index contributed by atoms with van der Waals surface area (Å²) < 4.78 is 32.6. The molecule has 4 heteroatoms. The molecule has 0 aromatic heterocycles. The zero-order valence-corrected chi connectivity index (χ0v) is 10.6. The van der Waals surface area contributed by atoms with Gasteiger partial charge in [-0.3, -0.25) is 0 Å². The molecule has 100 valence electrons. The molecule has 0 aliphatic rings. The van der Waals surface area contributed by atoms with Gasteiger partial charge in [0, 0.05) is 17.2 Å². The first-order chi connectivity index (χ1) is 9.09. The Morgan fingerprint density at radius 3 is 2.42 bits per heavy atom. The van der Waals surface area contributed by atoms with E-state index in [1.807, 2.05) is 0 Å². The second kappa shape index (κ2) is 5.80. The van der Waals surface area contributed by atoms with Gasteiger partial charge in [-0.1, -0.05) is 24.3 Å². The van der Waals surface area contributed by atoms with Gasteiger partial charge in [0.1, 0.15) is 24.0 Å². The molecule has 0 aliphatic heterocycles. The van der Waals surface area contributed by atoms with Crippen molar-refractivity contribution in [3.8, 4) is 5.75 Å². The quantitative estimate of drug-likeness (QED) is 0.915. The van der Waals surface area contributed by atoms with Gasteiger partial charge in [0.05, 0.1) is 0 Å². The van der Waals surface area contributed by atoms with Crippen LogP contribution in [-0.4, -0.2) is 0 Å². The van der Waals surface area contributed by atoms with Crippen LogP contribution in [-0.2, 0) is 6.61 Å². The van der Waals surface area contributed by atoms with Crippen molar-refractivity contribution in [2.45, 2.75) is 19.6 Å². The minimum Gasteiger partial charge on any atom is -0.488 e. The van der Waals surface area contributed by atoms with Gasteiger partial charge >= 0.3 is 0 Å². The van der Waals surface area contributed by atoms with Gasteiger partial charge in [0.2, 0.25) is 0 Å². The van der Waals surface area contributed by atoms with Gasteiger partial charge in [0.25, 0.3) is 0 Å². The Balaban J connectivity index is 2.21. The highest BCUT2D eigenvalue weighted by molar-refractivity contribution is 5.37. The standard InChI is InChI=1S/C15H15F2NO/c1-10(18)15-13(17)7-4-8-14(15)19-9-11-5-2-3-6-12(11)16/h2-8,10H,9,18H2,1H3/t10-/m1/s1.